The van der Waals surface area contributed by atoms with Crippen LogP contribution >= 0.6 is 0 Å². The van der Waals surface area contributed by atoms with Crippen LogP contribution in [0.15, 0.2) is 59.5 Å². The van der Waals surface area contributed by atoms with Gasteiger partial charge in [-0.1, -0.05) is 18.2 Å². The molecule has 3 rings (SSSR count). The van der Waals surface area contributed by atoms with Crippen LogP contribution in [0.5, 0.6) is 0 Å². The third kappa shape index (κ3) is 5.55. The Balaban J connectivity index is 1.58. The minimum Gasteiger partial charge on any atom is -0.452 e. The minimum atomic E-state index is -3.78. The molecule has 2 aromatic carbocycles. The molecule has 1 unspecified atom stereocenters. The molecule has 1 aliphatic rings. The Bertz CT molecular complexity index is 960. The van der Waals surface area contributed by atoms with Crippen LogP contribution in [0.25, 0.3) is 0 Å². The molecule has 8 nitrogen and oxygen atoms in total. The van der Waals surface area contributed by atoms with Crippen LogP contribution in [-0.2, 0) is 24.3 Å². The topological polar surface area (TPSA) is 102 Å². The summed E-state index contributed by atoms with van der Waals surface area (Å²) in [4.78, 5) is 25.9. The van der Waals surface area contributed by atoms with Crippen molar-refractivity contribution in [2.45, 2.75) is 17.9 Å². The zero-order valence-corrected chi connectivity index (χ0v) is 16.7. The third-order valence-corrected chi connectivity index (χ3v) is 5.74. The Morgan fingerprint density at radius 2 is 1.83 bits per heavy atom. The fourth-order valence-corrected chi connectivity index (χ4v) is 3.90. The van der Waals surface area contributed by atoms with Crippen molar-refractivity contribution >= 4 is 27.6 Å². The van der Waals surface area contributed by atoms with Crippen molar-refractivity contribution in [2.75, 3.05) is 31.0 Å². The van der Waals surface area contributed by atoms with E-state index in [1.807, 2.05) is 6.92 Å². The van der Waals surface area contributed by atoms with Gasteiger partial charge in [0.25, 0.3) is 15.9 Å². The summed E-state index contributed by atoms with van der Waals surface area (Å²) < 4.78 is 37.7. The van der Waals surface area contributed by atoms with Crippen LogP contribution in [0, 0.1) is 0 Å². The first-order chi connectivity index (χ1) is 13.8. The second-order valence-electron chi connectivity index (χ2n) is 6.59. The quantitative estimate of drug-likeness (QED) is 0.719. The highest BCUT2D eigenvalue weighted by molar-refractivity contribution is 7.92. The summed E-state index contributed by atoms with van der Waals surface area (Å²) >= 11 is 0. The first-order valence-electron chi connectivity index (χ1n) is 9.09. The zero-order valence-electron chi connectivity index (χ0n) is 15.9. The Labute approximate surface area is 169 Å². The molecule has 0 spiro atoms. The van der Waals surface area contributed by atoms with Crippen molar-refractivity contribution in [3.63, 3.8) is 0 Å². The molecule has 29 heavy (non-hydrogen) atoms. The molecular weight excluding hydrogens is 396 g/mol. The van der Waals surface area contributed by atoms with Crippen molar-refractivity contribution in [1.82, 2.24) is 4.90 Å². The predicted octanol–water partition coefficient (Wildman–Crippen LogP) is 1.89. The molecule has 1 heterocycles. The van der Waals surface area contributed by atoms with E-state index in [1.165, 1.54) is 24.3 Å². The Kier molecular flexibility index (Phi) is 6.50. The summed E-state index contributed by atoms with van der Waals surface area (Å²) in [6.45, 7) is 2.86. The summed E-state index contributed by atoms with van der Waals surface area (Å²) in [5.74, 6) is -0.987. The molecule has 1 amide bonds. The average molecular weight is 418 g/mol. The second-order valence-corrected chi connectivity index (χ2v) is 8.28. The molecule has 2 aromatic rings. The normalized spacial score (nSPS) is 16.9. The van der Waals surface area contributed by atoms with Gasteiger partial charge >= 0.3 is 5.97 Å². The minimum absolute atomic E-state index is 0.0104. The first kappa shape index (κ1) is 20.8. The zero-order chi connectivity index (χ0) is 20.9. The Morgan fingerprint density at radius 1 is 1.14 bits per heavy atom. The molecule has 1 saturated heterocycles. The molecule has 0 radical (unpaired) electrons. The lowest BCUT2D eigenvalue weighted by molar-refractivity contribution is -0.141. The fourth-order valence-electron chi connectivity index (χ4n) is 2.84. The number of esters is 1. The molecule has 0 aromatic heterocycles. The maximum Gasteiger partial charge on any atom is 0.338 e. The lowest BCUT2D eigenvalue weighted by Gasteiger charge is -2.30. The largest absolute Gasteiger partial charge is 0.452 e. The smallest absolute Gasteiger partial charge is 0.338 e. The lowest BCUT2D eigenvalue weighted by atomic mass is 10.2. The Morgan fingerprint density at radius 3 is 2.48 bits per heavy atom. The number of ether oxygens (including phenoxy) is 2. The number of sulfonamides is 1. The average Bonchev–Trinajstić information content (AvgIpc) is 2.72. The monoisotopic (exact) mass is 418 g/mol. The number of amides is 1. The highest BCUT2D eigenvalue weighted by atomic mass is 32.2. The highest BCUT2D eigenvalue weighted by Gasteiger charge is 2.22. The summed E-state index contributed by atoms with van der Waals surface area (Å²) in [6.07, 6.45) is -0.0533. The number of hydrogen-bond acceptors (Lipinski definition) is 6. The molecule has 1 N–H and O–H groups in total. The molecule has 1 atom stereocenters. The number of carbonyl (C=O) groups is 2. The Hall–Kier alpha value is -2.91. The number of rotatable bonds is 6. The molecule has 0 aliphatic carbocycles. The second kappa shape index (κ2) is 9.06. The maximum absolute atomic E-state index is 12.4. The molecule has 154 valence electrons. The van der Waals surface area contributed by atoms with Crippen LogP contribution in [0.1, 0.15) is 17.3 Å². The van der Waals surface area contributed by atoms with E-state index in [2.05, 4.69) is 4.72 Å². The first-order valence-corrected chi connectivity index (χ1v) is 10.6. The van der Waals surface area contributed by atoms with E-state index >= 15 is 0 Å². The molecule has 1 aliphatic heterocycles. The van der Waals surface area contributed by atoms with Crippen molar-refractivity contribution in [2.24, 2.45) is 0 Å². The van der Waals surface area contributed by atoms with E-state index in [9.17, 15) is 18.0 Å². The summed E-state index contributed by atoms with van der Waals surface area (Å²) in [6, 6.07) is 13.8. The lowest BCUT2D eigenvalue weighted by Crippen LogP contribution is -2.46. The fraction of sp³-hybridized carbons (Fsp3) is 0.300. The predicted molar refractivity (Wildman–Crippen MR) is 106 cm³/mol. The van der Waals surface area contributed by atoms with Gasteiger partial charge in [-0.25, -0.2) is 13.2 Å². The van der Waals surface area contributed by atoms with Gasteiger partial charge < -0.3 is 14.4 Å². The van der Waals surface area contributed by atoms with E-state index in [-0.39, 0.29) is 29.1 Å². The standard InChI is InChI=1S/C20H22N2O6S/c1-15-13-22(11-12-27-15)19(23)14-28-20(24)16-7-9-18(10-8-16)29(25,26)21-17-5-3-2-4-6-17/h2-10,15,21H,11-14H2,1H3. The van der Waals surface area contributed by atoms with Crippen molar-refractivity contribution < 1.29 is 27.5 Å². The van der Waals surface area contributed by atoms with Gasteiger partial charge in [0.1, 0.15) is 0 Å². The van der Waals surface area contributed by atoms with Crippen LogP contribution < -0.4 is 4.72 Å². The van der Waals surface area contributed by atoms with Gasteiger partial charge in [0.2, 0.25) is 0 Å². The van der Waals surface area contributed by atoms with Gasteiger partial charge in [-0.05, 0) is 43.3 Å². The van der Waals surface area contributed by atoms with E-state index in [0.717, 1.165) is 0 Å². The number of nitrogens with one attached hydrogen (secondary N) is 1. The van der Waals surface area contributed by atoms with E-state index in [0.29, 0.717) is 25.4 Å². The number of morpholine rings is 1. The van der Waals surface area contributed by atoms with Gasteiger partial charge in [-0.3, -0.25) is 9.52 Å². The number of anilines is 1. The third-order valence-electron chi connectivity index (χ3n) is 4.35. The number of nitrogens with zero attached hydrogens (tertiary/aromatic N) is 1. The number of hydrogen-bond donors (Lipinski definition) is 1. The summed E-state index contributed by atoms with van der Waals surface area (Å²) in [7, 11) is -3.78. The van der Waals surface area contributed by atoms with Gasteiger partial charge in [-0.15, -0.1) is 0 Å². The van der Waals surface area contributed by atoms with Gasteiger partial charge in [0.15, 0.2) is 6.61 Å². The summed E-state index contributed by atoms with van der Waals surface area (Å²) in [5.41, 5.74) is 0.596. The molecular formula is C20H22N2O6S. The maximum atomic E-state index is 12.4. The summed E-state index contributed by atoms with van der Waals surface area (Å²) in [5, 5.41) is 0. The molecule has 1 fully saturated rings. The van der Waals surface area contributed by atoms with E-state index in [1.54, 1.807) is 35.2 Å². The SMILES string of the molecule is CC1CN(C(=O)COC(=O)c2ccc(S(=O)(=O)Nc3ccccc3)cc2)CCO1. The van der Waals surface area contributed by atoms with Gasteiger partial charge in [0, 0.05) is 18.8 Å². The van der Waals surface area contributed by atoms with Crippen molar-refractivity contribution in [1.29, 1.82) is 0 Å². The molecule has 9 heteroatoms. The van der Waals surface area contributed by atoms with Crippen LogP contribution in [0.4, 0.5) is 5.69 Å². The van der Waals surface area contributed by atoms with Gasteiger partial charge in [0.05, 0.1) is 23.2 Å². The van der Waals surface area contributed by atoms with Crippen molar-refractivity contribution in [3.05, 3.63) is 60.2 Å². The van der Waals surface area contributed by atoms with Gasteiger partial charge in [-0.2, -0.15) is 0 Å². The van der Waals surface area contributed by atoms with Crippen LogP contribution in [0.3, 0.4) is 0 Å². The number of benzene rings is 2. The van der Waals surface area contributed by atoms with E-state index < -0.39 is 16.0 Å². The van der Waals surface area contributed by atoms with Crippen LogP contribution in [-0.4, -0.2) is 57.6 Å². The van der Waals surface area contributed by atoms with Crippen LogP contribution in [0.2, 0.25) is 0 Å². The van der Waals surface area contributed by atoms with Crippen molar-refractivity contribution in [3.8, 4) is 0 Å². The number of para-hydroxylation sites is 1. The molecule has 0 bridgehead atoms. The van der Waals surface area contributed by atoms with E-state index in [4.69, 9.17) is 9.47 Å². The number of carbonyl (C=O) groups excluding carboxylic acids is 2. The molecule has 0 saturated carbocycles. The highest BCUT2D eigenvalue weighted by Crippen LogP contribution is 2.17.